The normalized spacial score (nSPS) is 12.3. The van der Waals surface area contributed by atoms with Gasteiger partial charge in [-0.3, -0.25) is 4.79 Å². The second-order valence-electron chi connectivity index (χ2n) is 10.5. The molecule has 0 unspecified atom stereocenters. The fraction of sp³-hybridized carbons (Fsp3) is 0.176. The number of carbonyl (C=O) groups excluding carboxylic acids is 1. The van der Waals surface area contributed by atoms with E-state index in [4.69, 9.17) is 11.6 Å². The average Bonchev–Trinajstić information content (AvgIpc) is 3.21. The van der Waals surface area contributed by atoms with Gasteiger partial charge in [0.05, 0.1) is 17.2 Å². The van der Waals surface area contributed by atoms with Gasteiger partial charge in [0.2, 0.25) is 0 Å². The minimum absolute atomic E-state index is 0.138. The van der Waals surface area contributed by atoms with Crippen LogP contribution in [-0.2, 0) is 12.7 Å². The number of benzene rings is 4. The molecule has 4 aromatic carbocycles. The highest BCUT2D eigenvalue weighted by Gasteiger charge is 2.31. The van der Waals surface area contributed by atoms with Gasteiger partial charge < -0.3 is 15.0 Å². The molecule has 0 saturated carbocycles. The van der Waals surface area contributed by atoms with Crippen molar-refractivity contribution in [1.82, 2.24) is 9.88 Å². The summed E-state index contributed by atoms with van der Waals surface area (Å²) in [5.41, 5.74) is 5.41. The summed E-state index contributed by atoms with van der Waals surface area (Å²) in [5, 5.41) is 13.3. The Labute approximate surface area is 251 Å². The van der Waals surface area contributed by atoms with Gasteiger partial charge in [0.25, 0.3) is 5.91 Å². The molecule has 43 heavy (non-hydrogen) atoms. The summed E-state index contributed by atoms with van der Waals surface area (Å²) in [6, 6.07) is 22.3. The van der Waals surface area contributed by atoms with Crippen molar-refractivity contribution in [2.75, 3.05) is 0 Å². The molecule has 1 aromatic heterocycles. The number of carboxylic acid groups (broad SMARTS) is 1. The SMILES string of the molecule is Cc1c(C)n(Cc2ccc(-c3ccccc3C(=O)O)cc2)c2ccc(C(=O)N[C@H](C)c3cc(C(F)(F)F)ccc3Cl)cc12. The molecule has 0 bridgehead atoms. The van der Waals surface area contributed by atoms with Crippen LogP contribution in [0.25, 0.3) is 22.0 Å². The predicted molar refractivity (Wildman–Crippen MR) is 162 cm³/mol. The highest BCUT2D eigenvalue weighted by atomic mass is 35.5. The first-order valence-electron chi connectivity index (χ1n) is 13.5. The lowest BCUT2D eigenvalue weighted by molar-refractivity contribution is -0.137. The zero-order chi connectivity index (χ0) is 31.1. The molecule has 0 spiro atoms. The maximum absolute atomic E-state index is 13.2. The highest BCUT2D eigenvalue weighted by molar-refractivity contribution is 6.31. The zero-order valence-electron chi connectivity index (χ0n) is 23.6. The molecule has 1 heterocycles. The number of fused-ring (bicyclic) bond motifs is 1. The number of alkyl halides is 3. The van der Waals surface area contributed by atoms with Gasteiger partial charge in [-0.2, -0.15) is 13.2 Å². The minimum Gasteiger partial charge on any atom is -0.478 e. The number of hydrogen-bond acceptors (Lipinski definition) is 2. The van der Waals surface area contributed by atoms with Crippen LogP contribution in [-0.4, -0.2) is 21.6 Å². The molecule has 5 nitrogen and oxygen atoms in total. The molecule has 1 amide bonds. The monoisotopic (exact) mass is 604 g/mol. The maximum atomic E-state index is 13.2. The van der Waals surface area contributed by atoms with E-state index in [9.17, 15) is 27.9 Å². The summed E-state index contributed by atoms with van der Waals surface area (Å²) in [5.74, 6) is -1.41. The smallest absolute Gasteiger partial charge is 0.416 e. The van der Waals surface area contributed by atoms with E-state index in [0.29, 0.717) is 17.7 Å². The lowest BCUT2D eigenvalue weighted by atomic mass is 9.99. The number of nitrogens with zero attached hydrogens (tertiary/aromatic N) is 1. The third kappa shape index (κ3) is 6.01. The molecule has 0 aliphatic carbocycles. The fourth-order valence-electron chi connectivity index (χ4n) is 5.30. The number of amides is 1. The van der Waals surface area contributed by atoms with Crippen LogP contribution in [0.15, 0.2) is 84.9 Å². The minimum atomic E-state index is -4.52. The molecule has 220 valence electrons. The van der Waals surface area contributed by atoms with E-state index in [2.05, 4.69) is 9.88 Å². The van der Waals surface area contributed by atoms with Gasteiger partial charge in [0, 0.05) is 33.7 Å². The number of aromatic carboxylic acids is 1. The van der Waals surface area contributed by atoms with E-state index >= 15 is 0 Å². The molecule has 0 saturated heterocycles. The van der Waals surface area contributed by atoms with Crippen LogP contribution in [0, 0.1) is 13.8 Å². The molecule has 9 heteroatoms. The first kappa shape index (κ1) is 29.9. The van der Waals surface area contributed by atoms with Crippen LogP contribution >= 0.6 is 11.6 Å². The van der Waals surface area contributed by atoms with Crippen molar-refractivity contribution in [3.63, 3.8) is 0 Å². The van der Waals surface area contributed by atoms with Crippen molar-refractivity contribution >= 4 is 34.4 Å². The van der Waals surface area contributed by atoms with Crippen LogP contribution in [0.2, 0.25) is 5.02 Å². The molecule has 5 aromatic rings. The molecule has 0 aliphatic heterocycles. The topological polar surface area (TPSA) is 71.3 Å². The molecular formula is C34H28ClF3N2O3. The summed E-state index contributed by atoms with van der Waals surface area (Å²) in [4.78, 5) is 24.8. The van der Waals surface area contributed by atoms with E-state index in [1.807, 2.05) is 50.2 Å². The number of carbonyl (C=O) groups is 2. The second kappa shape index (κ2) is 11.6. The number of carboxylic acids is 1. The summed E-state index contributed by atoms with van der Waals surface area (Å²) in [6.07, 6.45) is -4.52. The zero-order valence-corrected chi connectivity index (χ0v) is 24.3. The van der Waals surface area contributed by atoms with E-state index in [0.717, 1.165) is 45.4 Å². The fourth-order valence-corrected chi connectivity index (χ4v) is 5.58. The van der Waals surface area contributed by atoms with Crippen LogP contribution < -0.4 is 5.32 Å². The van der Waals surface area contributed by atoms with Crippen molar-refractivity contribution in [3.05, 3.63) is 129 Å². The van der Waals surface area contributed by atoms with Crippen molar-refractivity contribution in [2.24, 2.45) is 0 Å². The first-order valence-corrected chi connectivity index (χ1v) is 13.9. The van der Waals surface area contributed by atoms with Crippen LogP contribution in [0.4, 0.5) is 13.2 Å². The summed E-state index contributed by atoms with van der Waals surface area (Å²) in [6.45, 7) is 6.14. The summed E-state index contributed by atoms with van der Waals surface area (Å²) in [7, 11) is 0. The Morgan fingerprint density at radius 2 is 1.65 bits per heavy atom. The Kier molecular flexibility index (Phi) is 8.08. The highest BCUT2D eigenvalue weighted by Crippen LogP contribution is 2.34. The number of nitrogens with one attached hydrogen (secondary N) is 1. The molecular weight excluding hydrogens is 577 g/mol. The van der Waals surface area contributed by atoms with Gasteiger partial charge in [-0.1, -0.05) is 54.1 Å². The lowest BCUT2D eigenvalue weighted by Gasteiger charge is -2.18. The largest absolute Gasteiger partial charge is 0.478 e. The average molecular weight is 605 g/mol. The number of rotatable bonds is 7. The van der Waals surface area contributed by atoms with Gasteiger partial charge in [0.1, 0.15) is 0 Å². The number of halogens is 4. The van der Waals surface area contributed by atoms with Crippen molar-refractivity contribution in [1.29, 1.82) is 0 Å². The maximum Gasteiger partial charge on any atom is 0.416 e. The second-order valence-corrected chi connectivity index (χ2v) is 10.9. The van der Waals surface area contributed by atoms with Crippen molar-refractivity contribution in [2.45, 2.75) is 39.5 Å². The lowest BCUT2D eigenvalue weighted by Crippen LogP contribution is -2.27. The number of hydrogen-bond donors (Lipinski definition) is 2. The third-order valence-corrected chi connectivity index (χ3v) is 8.15. The molecule has 0 fully saturated rings. The molecule has 0 radical (unpaired) electrons. The van der Waals surface area contributed by atoms with Crippen LogP contribution in [0.3, 0.4) is 0 Å². The molecule has 2 N–H and O–H groups in total. The van der Waals surface area contributed by atoms with Gasteiger partial charge in [-0.05, 0) is 91.1 Å². The molecule has 1 atom stereocenters. The van der Waals surface area contributed by atoms with Crippen LogP contribution in [0.1, 0.15) is 61.6 Å². The van der Waals surface area contributed by atoms with Gasteiger partial charge in [0.15, 0.2) is 0 Å². The van der Waals surface area contributed by atoms with Crippen molar-refractivity contribution < 1.29 is 27.9 Å². The Bertz CT molecular complexity index is 1860. The summed E-state index contributed by atoms with van der Waals surface area (Å²) >= 11 is 6.17. The summed E-state index contributed by atoms with van der Waals surface area (Å²) < 4.78 is 41.8. The van der Waals surface area contributed by atoms with Gasteiger partial charge in [-0.25, -0.2) is 4.79 Å². The Morgan fingerprint density at radius 3 is 2.33 bits per heavy atom. The Balaban J connectivity index is 1.38. The van der Waals surface area contributed by atoms with E-state index < -0.39 is 29.7 Å². The van der Waals surface area contributed by atoms with E-state index in [-0.39, 0.29) is 16.1 Å². The Morgan fingerprint density at radius 1 is 0.953 bits per heavy atom. The Hall–Kier alpha value is -4.56. The van der Waals surface area contributed by atoms with Crippen LogP contribution in [0.5, 0.6) is 0 Å². The van der Waals surface area contributed by atoms with E-state index in [1.165, 1.54) is 6.07 Å². The van der Waals surface area contributed by atoms with Gasteiger partial charge in [-0.15, -0.1) is 0 Å². The van der Waals surface area contributed by atoms with E-state index in [1.54, 1.807) is 37.3 Å². The standard InChI is InChI=1S/C34H28ClF3N2O3/c1-19-21(3)40(18-22-8-10-23(11-9-22)26-6-4-5-7-27(26)33(42)43)31-15-12-24(16-28(19)31)32(41)39-20(2)29-17-25(34(36,37)38)13-14-30(29)35/h4-17,20H,18H2,1-3H3,(H,39,41)(H,42,43)/t20-/m1/s1. The molecule has 0 aliphatic rings. The van der Waals surface area contributed by atoms with Gasteiger partial charge >= 0.3 is 12.1 Å². The third-order valence-electron chi connectivity index (χ3n) is 7.80. The van der Waals surface area contributed by atoms with Crippen molar-refractivity contribution in [3.8, 4) is 11.1 Å². The predicted octanol–water partition coefficient (Wildman–Crippen LogP) is 8.83. The number of aromatic nitrogens is 1. The number of aryl methyl sites for hydroxylation is 1. The molecule has 5 rings (SSSR count). The first-order chi connectivity index (χ1) is 20.3. The quantitative estimate of drug-likeness (QED) is 0.195.